The largest absolute Gasteiger partial charge is 0.326 e. The van der Waals surface area contributed by atoms with Gasteiger partial charge < -0.3 is 5.32 Å². The van der Waals surface area contributed by atoms with Crippen molar-refractivity contribution in [2.45, 2.75) is 26.3 Å². The summed E-state index contributed by atoms with van der Waals surface area (Å²) in [6, 6.07) is 22.7. The van der Waals surface area contributed by atoms with Crippen LogP contribution >= 0.6 is 11.6 Å². The molecule has 5 rings (SSSR count). The Balaban J connectivity index is 1.63. The second-order valence-electron chi connectivity index (χ2n) is 8.08. The number of aliphatic imine (C=N–C) groups is 1. The Morgan fingerprint density at radius 1 is 1.00 bits per heavy atom. The molecule has 0 aliphatic carbocycles. The van der Waals surface area contributed by atoms with Gasteiger partial charge in [0.05, 0.1) is 17.8 Å². The van der Waals surface area contributed by atoms with Gasteiger partial charge in [0, 0.05) is 21.8 Å². The fourth-order valence-corrected chi connectivity index (χ4v) is 4.22. The van der Waals surface area contributed by atoms with Crippen LogP contribution < -0.4 is 5.32 Å². The van der Waals surface area contributed by atoms with Gasteiger partial charge in [-0.1, -0.05) is 53.6 Å². The molecule has 4 aromatic rings. The molecule has 33 heavy (non-hydrogen) atoms. The number of hydrogen-bond acceptors (Lipinski definition) is 4. The molecule has 0 radical (unpaired) electrons. The van der Waals surface area contributed by atoms with Crippen LogP contribution in [0.25, 0.3) is 5.69 Å². The number of para-hydroxylation sites is 1. The first-order valence-corrected chi connectivity index (χ1v) is 11.1. The summed E-state index contributed by atoms with van der Waals surface area (Å²) in [5.74, 6) is 1.25. The van der Waals surface area contributed by atoms with E-state index in [1.807, 2.05) is 66.1 Å². The van der Waals surface area contributed by atoms with E-state index in [1.165, 1.54) is 0 Å². The van der Waals surface area contributed by atoms with Crippen molar-refractivity contribution in [2.24, 2.45) is 4.99 Å². The average Bonchev–Trinajstić information content (AvgIpc) is 3.13. The molecule has 0 unspecified atom stereocenters. The number of halogens is 1. The summed E-state index contributed by atoms with van der Waals surface area (Å²) in [7, 11) is 0. The standard InChI is InChI=1S/C26H22ClN5O/c1-16-8-13-23-21(14-16)25(18-9-11-19(27)12-10-18)29-22(26-31-30-17(2)32(23)26)15-24(33)28-20-6-4-3-5-7-20/h3-14,22H,15H2,1-2H3,(H,28,33)/t22-/m0/s1. The van der Waals surface area contributed by atoms with Crippen LogP contribution in [0.2, 0.25) is 5.02 Å². The van der Waals surface area contributed by atoms with E-state index in [0.29, 0.717) is 10.8 Å². The van der Waals surface area contributed by atoms with Crippen molar-refractivity contribution in [1.82, 2.24) is 14.8 Å². The number of anilines is 1. The summed E-state index contributed by atoms with van der Waals surface area (Å²) in [6.45, 7) is 3.96. The molecule has 2 heterocycles. The molecule has 0 fully saturated rings. The molecule has 1 amide bonds. The summed E-state index contributed by atoms with van der Waals surface area (Å²) in [5, 5.41) is 12.3. The van der Waals surface area contributed by atoms with Crippen molar-refractivity contribution in [3.8, 4) is 5.69 Å². The van der Waals surface area contributed by atoms with Crippen molar-refractivity contribution in [1.29, 1.82) is 0 Å². The number of benzene rings is 3. The number of rotatable bonds is 4. The van der Waals surface area contributed by atoms with Gasteiger partial charge in [0.2, 0.25) is 5.91 Å². The number of carbonyl (C=O) groups is 1. The third-order valence-electron chi connectivity index (χ3n) is 5.63. The lowest BCUT2D eigenvalue weighted by atomic mass is 9.98. The van der Waals surface area contributed by atoms with Crippen LogP contribution in [0.1, 0.15) is 40.8 Å². The van der Waals surface area contributed by atoms with Crippen LogP contribution in [0.15, 0.2) is 77.8 Å². The summed E-state index contributed by atoms with van der Waals surface area (Å²) in [5.41, 5.74) is 5.49. The third kappa shape index (κ3) is 4.17. The van der Waals surface area contributed by atoms with Crippen LogP contribution in [0, 0.1) is 13.8 Å². The van der Waals surface area contributed by atoms with Gasteiger partial charge in [0.1, 0.15) is 11.9 Å². The van der Waals surface area contributed by atoms with Gasteiger partial charge in [-0.15, -0.1) is 10.2 Å². The zero-order chi connectivity index (χ0) is 22.9. The molecule has 1 atom stereocenters. The molecule has 164 valence electrons. The van der Waals surface area contributed by atoms with E-state index in [2.05, 4.69) is 40.6 Å². The highest BCUT2D eigenvalue weighted by molar-refractivity contribution is 6.30. The molecule has 3 aromatic carbocycles. The molecule has 7 heteroatoms. The number of amides is 1. The van der Waals surface area contributed by atoms with Crippen LogP contribution in [0.3, 0.4) is 0 Å². The average molecular weight is 456 g/mol. The first kappa shape index (κ1) is 21.1. The maximum Gasteiger partial charge on any atom is 0.227 e. The van der Waals surface area contributed by atoms with E-state index in [-0.39, 0.29) is 12.3 Å². The fourth-order valence-electron chi connectivity index (χ4n) is 4.09. The van der Waals surface area contributed by atoms with Crippen LogP contribution in [-0.4, -0.2) is 26.4 Å². The number of nitrogens with one attached hydrogen (secondary N) is 1. The Morgan fingerprint density at radius 2 is 1.76 bits per heavy atom. The topological polar surface area (TPSA) is 72.2 Å². The quantitative estimate of drug-likeness (QED) is 0.444. The van der Waals surface area contributed by atoms with Gasteiger partial charge in [-0.25, -0.2) is 0 Å². The Labute approximate surface area is 197 Å². The molecule has 0 saturated carbocycles. The molecular weight excluding hydrogens is 434 g/mol. The number of hydrogen-bond donors (Lipinski definition) is 1. The van der Waals surface area contributed by atoms with Crippen LogP contribution in [0.4, 0.5) is 5.69 Å². The van der Waals surface area contributed by atoms with Crippen molar-refractivity contribution >= 4 is 28.9 Å². The minimum Gasteiger partial charge on any atom is -0.326 e. The molecule has 1 aliphatic heterocycles. The minimum atomic E-state index is -0.506. The molecule has 1 N–H and O–H groups in total. The number of fused-ring (bicyclic) bond motifs is 3. The zero-order valence-electron chi connectivity index (χ0n) is 18.3. The normalized spacial score (nSPS) is 14.6. The maximum atomic E-state index is 13.0. The fraction of sp³-hybridized carbons (Fsp3) is 0.154. The van der Waals surface area contributed by atoms with Crippen molar-refractivity contribution < 1.29 is 4.79 Å². The summed E-state index contributed by atoms with van der Waals surface area (Å²) in [4.78, 5) is 18.1. The molecule has 0 spiro atoms. The van der Waals surface area contributed by atoms with E-state index in [4.69, 9.17) is 16.6 Å². The van der Waals surface area contributed by atoms with E-state index in [9.17, 15) is 4.79 Å². The lowest BCUT2D eigenvalue weighted by molar-refractivity contribution is -0.116. The summed E-state index contributed by atoms with van der Waals surface area (Å²) < 4.78 is 2.00. The Bertz CT molecular complexity index is 1360. The molecular formula is C26H22ClN5O. The molecule has 1 aromatic heterocycles. The lowest BCUT2D eigenvalue weighted by Gasteiger charge is -2.13. The van der Waals surface area contributed by atoms with E-state index >= 15 is 0 Å². The number of nitrogens with zero attached hydrogens (tertiary/aromatic N) is 4. The van der Waals surface area contributed by atoms with Gasteiger partial charge >= 0.3 is 0 Å². The predicted octanol–water partition coefficient (Wildman–Crippen LogP) is 5.46. The van der Waals surface area contributed by atoms with Gasteiger partial charge in [-0.2, -0.15) is 0 Å². The maximum absolute atomic E-state index is 13.0. The van der Waals surface area contributed by atoms with Crippen molar-refractivity contribution in [3.05, 3.63) is 106 Å². The van der Waals surface area contributed by atoms with Gasteiger partial charge in [-0.05, 0) is 50.2 Å². The van der Waals surface area contributed by atoms with Crippen LogP contribution in [-0.2, 0) is 4.79 Å². The second kappa shape index (κ2) is 8.64. The highest BCUT2D eigenvalue weighted by Crippen LogP contribution is 2.33. The lowest BCUT2D eigenvalue weighted by Crippen LogP contribution is -2.17. The summed E-state index contributed by atoms with van der Waals surface area (Å²) in [6.07, 6.45) is 0.136. The highest BCUT2D eigenvalue weighted by Gasteiger charge is 2.29. The molecule has 0 saturated heterocycles. The Hall–Kier alpha value is -3.77. The van der Waals surface area contributed by atoms with Gasteiger partial charge in [-0.3, -0.25) is 14.4 Å². The number of carbonyl (C=O) groups excluding carboxylic acids is 1. The summed E-state index contributed by atoms with van der Waals surface area (Å²) >= 11 is 6.14. The Morgan fingerprint density at radius 3 is 2.52 bits per heavy atom. The third-order valence-corrected chi connectivity index (χ3v) is 5.89. The van der Waals surface area contributed by atoms with Gasteiger partial charge in [0.25, 0.3) is 0 Å². The van der Waals surface area contributed by atoms with Crippen LogP contribution in [0.5, 0.6) is 0 Å². The number of aromatic nitrogens is 3. The zero-order valence-corrected chi connectivity index (χ0v) is 19.0. The first-order chi connectivity index (χ1) is 16.0. The minimum absolute atomic E-state index is 0.136. The predicted molar refractivity (Wildman–Crippen MR) is 130 cm³/mol. The molecule has 1 aliphatic rings. The van der Waals surface area contributed by atoms with E-state index in [0.717, 1.165) is 39.6 Å². The number of aryl methyl sites for hydroxylation is 2. The highest BCUT2D eigenvalue weighted by atomic mass is 35.5. The van der Waals surface area contributed by atoms with Crippen molar-refractivity contribution in [3.63, 3.8) is 0 Å². The smallest absolute Gasteiger partial charge is 0.227 e. The first-order valence-electron chi connectivity index (χ1n) is 10.7. The molecule has 0 bridgehead atoms. The molecule has 6 nitrogen and oxygen atoms in total. The second-order valence-corrected chi connectivity index (χ2v) is 8.52. The van der Waals surface area contributed by atoms with E-state index in [1.54, 1.807) is 0 Å². The monoisotopic (exact) mass is 455 g/mol. The van der Waals surface area contributed by atoms with Gasteiger partial charge in [0.15, 0.2) is 5.82 Å². The van der Waals surface area contributed by atoms with Crippen molar-refractivity contribution in [2.75, 3.05) is 5.32 Å². The Kier molecular flexibility index (Phi) is 5.52. The SMILES string of the molecule is Cc1ccc2c(c1)C(c1ccc(Cl)cc1)=N[C@@H](CC(=O)Nc1ccccc1)c1nnc(C)n1-2. The van der Waals surface area contributed by atoms with E-state index < -0.39 is 6.04 Å².